The Labute approximate surface area is 96.1 Å². The summed E-state index contributed by atoms with van der Waals surface area (Å²) in [5.74, 6) is -0.120. The minimum Gasteiger partial charge on any atom is -0.339 e. The second-order valence-electron chi connectivity index (χ2n) is 3.79. The molecule has 0 spiro atoms. The van der Waals surface area contributed by atoms with Gasteiger partial charge in [-0.25, -0.2) is 4.39 Å². The first-order valence-corrected chi connectivity index (χ1v) is 5.69. The van der Waals surface area contributed by atoms with E-state index in [-0.39, 0.29) is 11.7 Å². The molecule has 0 radical (unpaired) electrons. The van der Waals surface area contributed by atoms with Crippen molar-refractivity contribution < 1.29 is 9.18 Å². The number of benzene rings is 1. The number of carbonyl (C=O) groups excluding carboxylic acids is 1. The summed E-state index contributed by atoms with van der Waals surface area (Å²) in [6.45, 7) is 5.07. The van der Waals surface area contributed by atoms with E-state index in [0.29, 0.717) is 19.5 Å². The van der Waals surface area contributed by atoms with Gasteiger partial charge in [-0.1, -0.05) is 19.1 Å². The van der Waals surface area contributed by atoms with Gasteiger partial charge in [-0.05, 0) is 31.0 Å². The van der Waals surface area contributed by atoms with Crippen LogP contribution in [0.25, 0.3) is 0 Å². The van der Waals surface area contributed by atoms with Crippen LogP contribution in [0.2, 0.25) is 0 Å². The molecule has 0 heterocycles. The smallest absolute Gasteiger partial charge is 0.222 e. The average molecular weight is 223 g/mol. The molecule has 3 heteroatoms. The van der Waals surface area contributed by atoms with Gasteiger partial charge in [0.15, 0.2) is 0 Å². The molecule has 0 atom stereocenters. The summed E-state index contributed by atoms with van der Waals surface area (Å²) in [5, 5.41) is 0. The molecule has 0 saturated carbocycles. The monoisotopic (exact) mass is 223 g/mol. The van der Waals surface area contributed by atoms with Crippen molar-refractivity contribution in [3.63, 3.8) is 0 Å². The van der Waals surface area contributed by atoms with E-state index >= 15 is 0 Å². The Bertz CT molecular complexity index is 352. The van der Waals surface area contributed by atoms with Crippen molar-refractivity contribution in [2.75, 3.05) is 6.54 Å². The number of halogens is 1. The molecule has 1 aromatic carbocycles. The Hall–Kier alpha value is -1.38. The van der Waals surface area contributed by atoms with Crippen LogP contribution < -0.4 is 0 Å². The summed E-state index contributed by atoms with van der Waals surface area (Å²) >= 11 is 0. The molecule has 0 bridgehead atoms. The SMILES string of the molecule is CCCC(=O)N(CC)Cc1cccc(F)c1. The Morgan fingerprint density at radius 3 is 2.69 bits per heavy atom. The molecule has 0 aromatic heterocycles. The molecule has 0 aliphatic rings. The quantitative estimate of drug-likeness (QED) is 0.751. The molecule has 0 unspecified atom stereocenters. The van der Waals surface area contributed by atoms with Crippen molar-refractivity contribution in [3.05, 3.63) is 35.6 Å². The molecule has 0 N–H and O–H groups in total. The molecule has 0 saturated heterocycles. The average Bonchev–Trinajstić information content (AvgIpc) is 2.26. The third kappa shape index (κ3) is 3.65. The fourth-order valence-corrected chi connectivity index (χ4v) is 1.60. The highest BCUT2D eigenvalue weighted by Gasteiger charge is 2.10. The van der Waals surface area contributed by atoms with E-state index in [2.05, 4.69) is 0 Å². The normalized spacial score (nSPS) is 10.2. The molecular weight excluding hydrogens is 205 g/mol. The Morgan fingerprint density at radius 2 is 2.12 bits per heavy atom. The van der Waals surface area contributed by atoms with E-state index in [9.17, 15) is 9.18 Å². The van der Waals surface area contributed by atoms with Gasteiger partial charge in [0.25, 0.3) is 0 Å². The van der Waals surface area contributed by atoms with Gasteiger partial charge in [-0.15, -0.1) is 0 Å². The van der Waals surface area contributed by atoms with Crippen molar-refractivity contribution in [2.45, 2.75) is 33.2 Å². The zero-order valence-corrected chi connectivity index (χ0v) is 9.87. The van der Waals surface area contributed by atoms with Crippen molar-refractivity contribution in [2.24, 2.45) is 0 Å². The number of amides is 1. The molecule has 0 aliphatic carbocycles. The number of hydrogen-bond donors (Lipinski definition) is 0. The zero-order chi connectivity index (χ0) is 12.0. The van der Waals surface area contributed by atoms with Gasteiger partial charge in [0.2, 0.25) is 5.91 Å². The maximum atomic E-state index is 13.0. The Balaban J connectivity index is 2.66. The molecule has 88 valence electrons. The van der Waals surface area contributed by atoms with Crippen molar-refractivity contribution in [3.8, 4) is 0 Å². The first-order valence-electron chi connectivity index (χ1n) is 5.69. The van der Waals surface area contributed by atoms with E-state index in [4.69, 9.17) is 0 Å². The van der Waals surface area contributed by atoms with Crippen LogP contribution in [0.5, 0.6) is 0 Å². The van der Waals surface area contributed by atoms with Gasteiger partial charge < -0.3 is 4.90 Å². The second-order valence-corrected chi connectivity index (χ2v) is 3.79. The summed E-state index contributed by atoms with van der Waals surface area (Å²) in [7, 11) is 0. The molecular formula is C13H18FNO. The van der Waals surface area contributed by atoms with E-state index in [1.165, 1.54) is 12.1 Å². The van der Waals surface area contributed by atoms with E-state index in [1.54, 1.807) is 11.0 Å². The van der Waals surface area contributed by atoms with Crippen molar-refractivity contribution in [1.82, 2.24) is 4.90 Å². The van der Waals surface area contributed by atoms with Crippen LogP contribution in [0.15, 0.2) is 24.3 Å². The van der Waals surface area contributed by atoms with Gasteiger partial charge >= 0.3 is 0 Å². The van der Waals surface area contributed by atoms with Crippen LogP contribution in [-0.4, -0.2) is 17.4 Å². The molecule has 1 aromatic rings. The van der Waals surface area contributed by atoms with Crippen LogP contribution in [0, 0.1) is 5.82 Å². The number of carbonyl (C=O) groups is 1. The molecule has 2 nitrogen and oxygen atoms in total. The summed E-state index contributed by atoms with van der Waals surface area (Å²) in [6.07, 6.45) is 1.40. The molecule has 1 rings (SSSR count). The number of hydrogen-bond acceptors (Lipinski definition) is 1. The van der Waals surface area contributed by atoms with Gasteiger partial charge in [-0.3, -0.25) is 4.79 Å². The van der Waals surface area contributed by atoms with Gasteiger partial charge in [-0.2, -0.15) is 0 Å². The lowest BCUT2D eigenvalue weighted by atomic mass is 10.2. The highest BCUT2D eigenvalue weighted by Crippen LogP contribution is 2.08. The highest BCUT2D eigenvalue weighted by atomic mass is 19.1. The van der Waals surface area contributed by atoms with Crippen LogP contribution in [0.4, 0.5) is 4.39 Å². The molecule has 0 fully saturated rings. The van der Waals surface area contributed by atoms with Crippen LogP contribution in [0.3, 0.4) is 0 Å². The molecule has 16 heavy (non-hydrogen) atoms. The van der Waals surface area contributed by atoms with Crippen LogP contribution in [-0.2, 0) is 11.3 Å². The summed E-state index contributed by atoms with van der Waals surface area (Å²) in [5.41, 5.74) is 0.839. The van der Waals surface area contributed by atoms with Gasteiger partial charge in [0, 0.05) is 19.5 Å². The van der Waals surface area contributed by atoms with Gasteiger partial charge in [0.05, 0.1) is 0 Å². The number of rotatable bonds is 5. The standard InChI is InChI=1S/C13H18FNO/c1-3-6-13(16)15(4-2)10-11-7-5-8-12(14)9-11/h5,7-9H,3-4,6,10H2,1-2H3. The molecule has 1 amide bonds. The predicted molar refractivity (Wildman–Crippen MR) is 62.4 cm³/mol. The highest BCUT2D eigenvalue weighted by molar-refractivity contribution is 5.76. The fraction of sp³-hybridized carbons (Fsp3) is 0.462. The zero-order valence-electron chi connectivity index (χ0n) is 9.87. The topological polar surface area (TPSA) is 20.3 Å². The van der Waals surface area contributed by atoms with Crippen molar-refractivity contribution in [1.29, 1.82) is 0 Å². The third-order valence-electron chi connectivity index (χ3n) is 2.46. The largest absolute Gasteiger partial charge is 0.339 e. The summed E-state index contributed by atoms with van der Waals surface area (Å²) in [6, 6.07) is 6.39. The fourth-order valence-electron chi connectivity index (χ4n) is 1.60. The lowest BCUT2D eigenvalue weighted by Gasteiger charge is -2.20. The van der Waals surface area contributed by atoms with Crippen LogP contribution >= 0.6 is 0 Å². The lowest BCUT2D eigenvalue weighted by molar-refractivity contribution is -0.131. The first-order chi connectivity index (χ1) is 7.67. The lowest BCUT2D eigenvalue weighted by Crippen LogP contribution is -2.29. The maximum Gasteiger partial charge on any atom is 0.222 e. The summed E-state index contributed by atoms with van der Waals surface area (Å²) in [4.78, 5) is 13.4. The minimum atomic E-state index is -0.253. The predicted octanol–water partition coefficient (Wildman–Crippen LogP) is 2.97. The van der Waals surface area contributed by atoms with E-state index in [1.807, 2.05) is 19.9 Å². The Morgan fingerprint density at radius 1 is 1.38 bits per heavy atom. The minimum absolute atomic E-state index is 0.134. The molecule has 0 aliphatic heterocycles. The van der Waals surface area contributed by atoms with Crippen molar-refractivity contribution >= 4 is 5.91 Å². The van der Waals surface area contributed by atoms with E-state index < -0.39 is 0 Å². The van der Waals surface area contributed by atoms with E-state index in [0.717, 1.165) is 12.0 Å². The number of nitrogens with zero attached hydrogens (tertiary/aromatic N) is 1. The van der Waals surface area contributed by atoms with Gasteiger partial charge in [0.1, 0.15) is 5.82 Å². The second kappa shape index (κ2) is 6.26. The van der Waals surface area contributed by atoms with Crippen LogP contribution in [0.1, 0.15) is 32.3 Å². The Kier molecular flexibility index (Phi) is 4.96. The summed E-state index contributed by atoms with van der Waals surface area (Å²) < 4.78 is 13.0. The maximum absolute atomic E-state index is 13.0. The third-order valence-corrected chi connectivity index (χ3v) is 2.46. The first kappa shape index (κ1) is 12.7.